The summed E-state index contributed by atoms with van der Waals surface area (Å²) >= 11 is 6.62. The van der Waals surface area contributed by atoms with Crippen molar-refractivity contribution in [1.82, 2.24) is 9.13 Å². The fourth-order valence-electron chi connectivity index (χ4n) is 6.63. The number of Topliss-reactive ketones (excluding diaryl/α,β-unsaturated/α-hetero) is 2. The molecule has 12 nitrogen and oxygen atoms in total. The topological polar surface area (TPSA) is 136 Å². The van der Waals surface area contributed by atoms with E-state index in [2.05, 4.69) is 11.2 Å². The number of anilines is 1. The van der Waals surface area contributed by atoms with Crippen LogP contribution < -0.4 is 40.3 Å². The number of rotatable bonds is 6. The standard InChI is InChI=1S/C33H30ClN3O9/c1-8-11-45-19-13-16(9-10-18(19)42-5)22-23-17(35-30-25(22)31(40)37(4)32(41)36(30)3)12-15(2)33(28(23)38)29(39)24-20(43-6)14-21(44-7)26(34)27(24)46-33/h1,9-10,13-15,22,35H,11-12H2,2-7H3/t15-,22-,33+/m1/s1. The first-order valence-corrected chi connectivity index (χ1v) is 14.6. The number of hydrogen-bond acceptors (Lipinski definition) is 10. The molecule has 238 valence electrons. The van der Waals surface area contributed by atoms with Crippen LogP contribution in [0.5, 0.6) is 28.7 Å². The Kier molecular flexibility index (Phi) is 7.40. The monoisotopic (exact) mass is 647 g/mol. The zero-order chi connectivity index (χ0) is 33.2. The SMILES string of the molecule is C#CCOc1cc([C@@H]2C3=C(C[C@@H](C)[C@]4(Oc5c(Cl)c(OC)cc(OC)c5C4=O)C3=O)Nc3c2c(=O)n(C)c(=O)n3C)ccc1OC. The van der Waals surface area contributed by atoms with Gasteiger partial charge in [-0.15, -0.1) is 6.42 Å². The van der Waals surface area contributed by atoms with E-state index in [9.17, 15) is 14.4 Å². The first-order chi connectivity index (χ1) is 22.0. The van der Waals surface area contributed by atoms with Gasteiger partial charge in [0.15, 0.2) is 17.2 Å². The molecule has 6 rings (SSSR count). The Morgan fingerprint density at radius 3 is 2.35 bits per heavy atom. The third-order valence-corrected chi connectivity index (χ3v) is 9.27. The molecule has 0 saturated heterocycles. The van der Waals surface area contributed by atoms with Crippen LogP contribution in [0.25, 0.3) is 0 Å². The molecule has 2 aliphatic heterocycles. The number of methoxy groups -OCH3 is 3. The highest BCUT2D eigenvalue weighted by Crippen LogP contribution is 2.56. The maximum atomic E-state index is 15.0. The number of halogens is 1. The van der Waals surface area contributed by atoms with Crippen LogP contribution in [0.15, 0.2) is 45.1 Å². The fraction of sp³-hybridized carbons (Fsp3) is 0.333. The van der Waals surface area contributed by atoms with Crippen LogP contribution in [0.3, 0.4) is 0 Å². The number of aromatic nitrogens is 2. The molecular formula is C33H30ClN3O9. The average molecular weight is 648 g/mol. The van der Waals surface area contributed by atoms with E-state index in [4.69, 9.17) is 41.7 Å². The normalized spacial score (nSPS) is 21.1. The first kappa shape index (κ1) is 30.9. The van der Waals surface area contributed by atoms with E-state index in [1.165, 1.54) is 46.1 Å². The van der Waals surface area contributed by atoms with E-state index < -0.39 is 40.3 Å². The van der Waals surface area contributed by atoms with Gasteiger partial charge in [-0.3, -0.25) is 23.5 Å². The van der Waals surface area contributed by atoms with Crippen LogP contribution in [0.4, 0.5) is 5.82 Å². The van der Waals surface area contributed by atoms with Gasteiger partial charge in [-0.2, -0.15) is 0 Å². The molecule has 0 saturated carbocycles. The van der Waals surface area contributed by atoms with E-state index in [0.29, 0.717) is 17.0 Å². The van der Waals surface area contributed by atoms with Crippen molar-refractivity contribution in [1.29, 1.82) is 0 Å². The van der Waals surface area contributed by atoms with Crippen LogP contribution in [-0.4, -0.2) is 54.2 Å². The molecule has 1 aliphatic carbocycles. The van der Waals surface area contributed by atoms with Crippen molar-refractivity contribution < 1.29 is 33.3 Å². The Balaban J connectivity index is 1.62. The number of nitrogens with one attached hydrogen (secondary N) is 1. The molecule has 1 spiro atoms. The van der Waals surface area contributed by atoms with Crippen LogP contribution >= 0.6 is 11.6 Å². The summed E-state index contributed by atoms with van der Waals surface area (Å²) in [5, 5.41) is 3.21. The van der Waals surface area contributed by atoms with Crippen molar-refractivity contribution in [3.05, 3.63) is 78.1 Å². The summed E-state index contributed by atoms with van der Waals surface area (Å²) in [7, 11) is 7.15. The summed E-state index contributed by atoms with van der Waals surface area (Å²) in [5.41, 5.74) is -2.06. The predicted molar refractivity (Wildman–Crippen MR) is 168 cm³/mol. The summed E-state index contributed by atoms with van der Waals surface area (Å²) in [5.74, 6) is 0.532. The van der Waals surface area contributed by atoms with Crippen molar-refractivity contribution in [2.45, 2.75) is 24.9 Å². The van der Waals surface area contributed by atoms with Crippen molar-refractivity contribution in [2.24, 2.45) is 20.0 Å². The Labute approximate surface area is 268 Å². The second-order valence-electron chi connectivity index (χ2n) is 11.2. The van der Waals surface area contributed by atoms with Gasteiger partial charge in [0.2, 0.25) is 17.2 Å². The minimum absolute atomic E-state index is 0.0151. The lowest BCUT2D eigenvalue weighted by Gasteiger charge is -2.42. The third kappa shape index (κ3) is 4.08. The molecule has 2 aromatic carbocycles. The largest absolute Gasteiger partial charge is 0.496 e. The minimum Gasteiger partial charge on any atom is -0.496 e. The smallest absolute Gasteiger partial charge is 0.332 e. The van der Waals surface area contributed by atoms with Gasteiger partial charge < -0.3 is 29.0 Å². The maximum absolute atomic E-state index is 15.0. The number of nitrogens with zero attached hydrogens (tertiary/aromatic N) is 2. The van der Waals surface area contributed by atoms with Crippen LogP contribution in [-0.2, 0) is 18.9 Å². The zero-order valence-corrected chi connectivity index (χ0v) is 26.7. The Bertz CT molecular complexity index is 2050. The lowest BCUT2D eigenvalue weighted by molar-refractivity contribution is -0.130. The molecule has 3 aliphatic rings. The molecule has 0 fully saturated rings. The number of terminal acetylenes is 1. The van der Waals surface area contributed by atoms with Gasteiger partial charge in [0.05, 0.1) is 26.9 Å². The van der Waals surface area contributed by atoms with Gasteiger partial charge in [0, 0.05) is 43.3 Å². The first-order valence-electron chi connectivity index (χ1n) is 14.2. The number of carbonyl (C=O) groups is 2. The van der Waals surface area contributed by atoms with E-state index in [0.717, 1.165) is 4.57 Å². The summed E-state index contributed by atoms with van der Waals surface area (Å²) in [6, 6.07) is 6.40. The number of ether oxygens (including phenoxy) is 5. The molecule has 3 aromatic rings. The quantitative estimate of drug-likeness (QED) is 0.314. The van der Waals surface area contributed by atoms with Gasteiger partial charge in [0.1, 0.15) is 34.5 Å². The highest BCUT2D eigenvalue weighted by atomic mass is 35.5. The summed E-state index contributed by atoms with van der Waals surface area (Å²) in [6.07, 6.45) is 5.58. The number of carbonyl (C=O) groups excluding carboxylic acids is 2. The van der Waals surface area contributed by atoms with Crippen molar-refractivity contribution in [3.63, 3.8) is 0 Å². The van der Waals surface area contributed by atoms with Gasteiger partial charge in [-0.1, -0.05) is 30.5 Å². The fourth-order valence-corrected chi connectivity index (χ4v) is 6.89. The average Bonchev–Trinajstić information content (AvgIpc) is 3.38. The Morgan fingerprint density at radius 2 is 1.70 bits per heavy atom. The molecule has 0 bridgehead atoms. The number of fused-ring (bicyclic) bond motifs is 2. The number of ketones is 2. The van der Waals surface area contributed by atoms with E-state index in [1.807, 2.05) is 0 Å². The number of allylic oxidation sites excluding steroid dienone is 1. The Hall–Kier alpha value is -5.15. The summed E-state index contributed by atoms with van der Waals surface area (Å²) in [4.78, 5) is 56.4. The molecule has 0 unspecified atom stereocenters. The molecule has 46 heavy (non-hydrogen) atoms. The minimum atomic E-state index is -2.04. The van der Waals surface area contributed by atoms with Crippen LogP contribution in [0.1, 0.15) is 40.7 Å². The summed E-state index contributed by atoms with van der Waals surface area (Å²) < 4.78 is 30.7. The summed E-state index contributed by atoms with van der Waals surface area (Å²) in [6.45, 7) is 1.65. The highest BCUT2D eigenvalue weighted by molar-refractivity contribution is 6.36. The molecule has 3 heterocycles. The number of benzene rings is 2. The molecule has 0 amide bonds. The van der Waals surface area contributed by atoms with Crippen molar-refractivity contribution >= 4 is 29.0 Å². The van der Waals surface area contributed by atoms with E-state index in [-0.39, 0.29) is 63.6 Å². The second kappa shape index (κ2) is 11.0. The highest BCUT2D eigenvalue weighted by Gasteiger charge is 2.63. The lowest BCUT2D eigenvalue weighted by atomic mass is 9.66. The molecule has 1 N–H and O–H groups in total. The molecule has 3 atom stereocenters. The molecule has 1 aromatic heterocycles. The zero-order valence-electron chi connectivity index (χ0n) is 25.9. The molecule has 0 radical (unpaired) electrons. The van der Waals surface area contributed by atoms with Crippen molar-refractivity contribution in [2.75, 3.05) is 33.3 Å². The van der Waals surface area contributed by atoms with Crippen molar-refractivity contribution in [3.8, 4) is 41.1 Å². The molecule has 13 heteroatoms. The maximum Gasteiger partial charge on any atom is 0.332 e. The second-order valence-corrected chi connectivity index (χ2v) is 11.6. The van der Waals surface area contributed by atoms with Crippen LogP contribution in [0.2, 0.25) is 5.02 Å². The lowest BCUT2D eigenvalue weighted by Crippen LogP contribution is -2.58. The van der Waals surface area contributed by atoms with Gasteiger partial charge in [-0.25, -0.2) is 4.79 Å². The third-order valence-electron chi connectivity index (χ3n) is 8.91. The van der Waals surface area contributed by atoms with Gasteiger partial charge >= 0.3 is 5.69 Å². The number of hydrogen-bond donors (Lipinski definition) is 1. The van der Waals surface area contributed by atoms with Gasteiger partial charge in [-0.05, 0) is 24.1 Å². The predicted octanol–water partition coefficient (Wildman–Crippen LogP) is 3.21. The molecular weight excluding hydrogens is 618 g/mol. The van der Waals surface area contributed by atoms with Gasteiger partial charge in [0.25, 0.3) is 5.56 Å². The van der Waals surface area contributed by atoms with Crippen LogP contribution in [0, 0.1) is 18.3 Å². The van der Waals surface area contributed by atoms with E-state index in [1.54, 1.807) is 25.1 Å². The Morgan fingerprint density at radius 1 is 1.00 bits per heavy atom. The van der Waals surface area contributed by atoms with E-state index >= 15 is 4.79 Å².